The van der Waals surface area contributed by atoms with Crippen LogP contribution in [0.25, 0.3) is 11.4 Å². The number of tetrazole rings is 1. The zero-order valence-corrected chi connectivity index (χ0v) is 11.1. The Morgan fingerprint density at radius 2 is 2.00 bits per heavy atom. The second-order valence-corrected chi connectivity index (χ2v) is 4.70. The summed E-state index contributed by atoms with van der Waals surface area (Å²) in [5, 5.41) is 12.1. The lowest BCUT2D eigenvalue weighted by molar-refractivity contribution is -0.118. The molecule has 6 heteroatoms. The van der Waals surface area contributed by atoms with E-state index in [9.17, 15) is 4.79 Å². The van der Waals surface area contributed by atoms with Crippen LogP contribution in [-0.2, 0) is 11.3 Å². The topological polar surface area (TPSA) is 86.7 Å². The summed E-state index contributed by atoms with van der Waals surface area (Å²) in [7, 11) is 0. The van der Waals surface area contributed by atoms with Gasteiger partial charge in [0.15, 0.2) is 0 Å². The van der Waals surface area contributed by atoms with Crippen LogP contribution < -0.4 is 5.73 Å². The summed E-state index contributed by atoms with van der Waals surface area (Å²) < 4.78 is 0. The van der Waals surface area contributed by atoms with Crippen molar-refractivity contribution in [2.24, 2.45) is 5.73 Å². The minimum absolute atomic E-state index is 0.210. The molecule has 0 saturated carbocycles. The number of nitrogens with two attached hydrogens (primary N) is 1. The van der Waals surface area contributed by atoms with Gasteiger partial charge >= 0.3 is 0 Å². The van der Waals surface area contributed by atoms with Crippen molar-refractivity contribution in [3.8, 4) is 11.4 Å². The van der Waals surface area contributed by atoms with Gasteiger partial charge in [0.1, 0.15) is 0 Å². The van der Waals surface area contributed by atoms with Gasteiger partial charge in [-0.05, 0) is 16.7 Å². The minimum Gasteiger partial charge on any atom is -0.370 e. The summed E-state index contributed by atoms with van der Waals surface area (Å²) in [4.78, 5) is 12.1. The highest BCUT2D eigenvalue weighted by Crippen LogP contribution is 2.19. The van der Waals surface area contributed by atoms with Gasteiger partial charge in [0, 0.05) is 12.0 Å². The first-order chi connectivity index (χ1) is 9.06. The van der Waals surface area contributed by atoms with Crippen LogP contribution in [0.5, 0.6) is 0 Å². The first-order valence-electron chi connectivity index (χ1n) is 6.22. The molecule has 0 saturated heterocycles. The monoisotopic (exact) mass is 259 g/mol. The van der Waals surface area contributed by atoms with Crippen LogP contribution in [-0.4, -0.2) is 26.1 Å². The van der Waals surface area contributed by atoms with E-state index in [1.165, 1.54) is 10.4 Å². The first-order valence-corrected chi connectivity index (χ1v) is 6.22. The smallest absolute Gasteiger partial charge is 0.219 e. The van der Waals surface area contributed by atoms with Crippen LogP contribution in [0.2, 0.25) is 0 Å². The second kappa shape index (κ2) is 5.60. The number of primary amides is 1. The Kier molecular flexibility index (Phi) is 3.89. The zero-order chi connectivity index (χ0) is 13.8. The van der Waals surface area contributed by atoms with Gasteiger partial charge in [-0.3, -0.25) is 4.79 Å². The summed E-state index contributed by atoms with van der Waals surface area (Å²) in [6.07, 6.45) is 0.210. The number of nitrogens with zero attached hydrogens (tertiary/aromatic N) is 4. The van der Waals surface area contributed by atoms with E-state index >= 15 is 0 Å². The predicted molar refractivity (Wildman–Crippen MR) is 71.2 cm³/mol. The molecule has 2 N–H and O–H groups in total. The van der Waals surface area contributed by atoms with Crippen LogP contribution in [0.4, 0.5) is 0 Å². The quantitative estimate of drug-likeness (QED) is 0.877. The normalized spacial score (nSPS) is 10.9. The molecule has 0 unspecified atom stereocenters. The Hall–Kier alpha value is -2.24. The van der Waals surface area contributed by atoms with Gasteiger partial charge < -0.3 is 5.73 Å². The van der Waals surface area contributed by atoms with Gasteiger partial charge in [-0.25, -0.2) is 0 Å². The van der Waals surface area contributed by atoms with Crippen molar-refractivity contribution < 1.29 is 4.79 Å². The van der Waals surface area contributed by atoms with Gasteiger partial charge in [-0.1, -0.05) is 38.1 Å². The van der Waals surface area contributed by atoms with Gasteiger partial charge in [0.05, 0.1) is 6.54 Å². The van der Waals surface area contributed by atoms with Gasteiger partial charge in [0.2, 0.25) is 11.7 Å². The van der Waals surface area contributed by atoms with Gasteiger partial charge in [0.25, 0.3) is 0 Å². The number of amides is 1. The van der Waals surface area contributed by atoms with Crippen LogP contribution in [0.1, 0.15) is 31.7 Å². The second-order valence-electron chi connectivity index (χ2n) is 4.70. The Morgan fingerprint density at radius 1 is 1.32 bits per heavy atom. The zero-order valence-electron chi connectivity index (χ0n) is 11.1. The number of benzene rings is 1. The van der Waals surface area contributed by atoms with Crippen LogP contribution in [0.15, 0.2) is 24.3 Å². The molecule has 1 aromatic carbocycles. The molecule has 0 aliphatic heterocycles. The molecular formula is C13H17N5O. The molecule has 0 fully saturated rings. The number of aryl methyl sites for hydroxylation is 1. The van der Waals surface area contributed by atoms with Crippen molar-refractivity contribution in [2.45, 2.75) is 32.7 Å². The van der Waals surface area contributed by atoms with E-state index in [-0.39, 0.29) is 12.3 Å². The molecule has 100 valence electrons. The van der Waals surface area contributed by atoms with E-state index in [0.29, 0.717) is 18.3 Å². The molecule has 6 nitrogen and oxygen atoms in total. The van der Waals surface area contributed by atoms with E-state index in [4.69, 9.17) is 5.73 Å². The number of carbonyl (C=O) groups excluding carboxylic acids is 1. The summed E-state index contributed by atoms with van der Waals surface area (Å²) in [6, 6.07) is 8.07. The van der Waals surface area contributed by atoms with Crippen molar-refractivity contribution in [3.05, 3.63) is 29.8 Å². The van der Waals surface area contributed by atoms with Crippen molar-refractivity contribution in [1.29, 1.82) is 0 Å². The lowest BCUT2D eigenvalue weighted by Crippen LogP contribution is -2.15. The van der Waals surface area contributed by atoms with Gasteiger partial charge in [-0.15, -0.1) is 10.2 Å². The summed E-state index contributed by atoms with van der Waals surface area (Å²) in [6.45, 7) is 4.65. The number of hydrogen-bond acceptors (Lipinski definition) is 4. The molecule has 0 aliphatic carbocycles. The molecule has 0 aliphatic rings. The predicted octanol–water partition coefficient (Wildman–Crippen LogP) is 1.34. The Morgan fingerprint density at radius 3 is 2.58 bits per heavy atom. The van der Waals surface area contributed by atoms with Crippen molar-refractivity contribution in [2.75, 3.05) is 0 Å². The highest BCUT2D eigenvalue weighted by atomic mass is 16.1. The third-order valence-corrected chi connectivity index (χ3v) is 2.85. The average Bonchev–Trinajstić information content (AvgIpc) is 2.85. The van der Waals surface area contributed by atoms with Crippen molar-refractivity contribution in [3.63, 3.8) is 0 Å². The molecule has 0 spiro atoms. The van der Waals surface area contributed by atoms with Crippen LogP contribution in [0, 0.1) is 0 Å². The van der Waals surface area contributed by atoms with E-state index in [2.05, 4.69) is 41.4 Å². The SMILES string of the molecule is CC(C)c1ccc(-c2nnn(CCC(N)=O)n2)cc1. The van der Waals surface area contributed by atoms with Crippen LogP contribution >= 0.6 is 0 Å². The fourth-order valence-corrected chi connectivity index (χ4v) is 1.68. The highest BCUT2D eigenvalue weighted by molar-refractivity contribution is 5.73. The molecule has 0 atom stereocenters. The highest BCUT2D eigenvalue weighted by Gasteiger charge is 2.07. The molecule has 0 radical (unpaired) electrons. The van der Waals surface area contributed by atoms with Crippen LogP contribution in [0.3, 0.4) is 0 Å². The third kappa shape index (κ3) is 3.37. The van der Waals surface area contributed by atoms with Crippen molar-refractivity contribution >= 4 is 5.91 Å². The first kappa shape index (κ1) is 13.2. The lowest BCUT2D eigenvalue weighted by Gasteiger charge is -2.04. The Balaban J connectivity index is 2.11. The van der Waals surface area contributed by atoms with E-state index in [1.54, 1.807) is 0 Å². The molecule has 1 heterocycles. The lowest BCUT2D eigenvalue weighted by atomic mass is 10.0. The maximum atomic E-state index is 10.7. The number of rotatable bonds is 5. The summed E-state index contributed by atoms with van der Waals surface area (Å²) >= 11 is 0. The molecular weight excluding hydrogens is 242 g/mol. The fourth-order valence-electron chi connectivity index (χ4n) is 1.68. The maximum Gasteiger partial charge on any atom is 0.219 e. The Bertz CT molecular complexity index is 559. The number of carbonyl (C=O) groups is 1. The maximum absolute atomic E-state index is 10.7. The molecule has 0 bridgehead atoms. The molecule has 1 aromatic heterocycles. The molecule has 1 amide bonds. The minimum atomic E-state index is -0.375. The number of aromatic nitrogens is 4. The van der Waals surface area contributed by atoms with Gasteiger partial charge in [-0.2, -0.15) is 4.80 Å². The third-order valence-electron chi connectivity index (χ3n) is 2.85. The van der Waals surface area contributed by atoms with Crippen molar-refractivity contribution in [1.82, 2.24) is 20.2 Å². The average molecular weight is 259 g/mol. The fraction of sp³-hybridized carbons (Fsp3) is 0.385. The van der Waals surface area contributed by atoms with E-state index in [0.717, 1.165) is 5.56 Å². The molecule has 2 aromatic rings. The number of hydrogen-bond donors (Lipinski definition) is 1. The largest absolute Gasteiger partial charge is 0.370 e. The standard InChI is InChI=1S/C13H17N5O/c1-9(2)10-3-5-11(6-4-10)13-15-17-18(16-13)8-7-12(14)19/h3-6,9H,7-8H2,1-2H3,(H2,14,19). The van der Waals surface area contributed by atoms with E-state index < -0.39 is 0 Å². The van der Waals surface area contributed by atoms with E-state index in [1.807, 2.05) is 12.1 Å². The summed E-state index contributed by atoms with van der Waals surface area (Å²) in [5.41, 5.74) is 7.26. The molecule has 19 heavy (non-hydrogen) atoms. The summed E-state index contributed by atoms with van der Waals surface area (Å²) in [5.74, 6) is 0.674. The Labute approximate surface area is 111 Å². The molecule has 2 rings (SSSR count).